The van der Waals surface area contributed by atoms with E-state index in [1.165, 1.54) is 23.5 Å². The molecule has 8 heteroatoms. The van der Waals surface area contributed by atoms with Crippen LogP contribution in [-0.2, 0) is 16.0 Å². The van der Waals surface area contributed by atoms with E-state index >= 15 is 0 Å². The van der Waals surface area contributed by atoms with E-state index in [1.807, 2.05) is 6.92 Å². The normalized spacial score (nSPS) is 10.4. The topological polar surface area (TPSA) is 98.5 Å². The zero-order chi connectivity index (χ0) is 19.3. The van der Waals surface area contributed by atoms with Crippen molar-refractivity contribution in [3.8, 4) is 0 Å². The van der Waals surface area contributed by atoms with E-state index in [0.717, 1.165) is 23.3 Å². The first-order valence-electron chi connectivity index (χ1n) is 8.13. The molecule has 2 rings (SSSR count). The van der Waals surface area contributed by atoms with Crippen LogP contribution in [0.2, 0.25) is 0 Å². The van der Waals surface area contributed by atoms with Crippen LogP contribution in [0, 0.1) is 24.0 Å². The van der Waals surface area contributed by atoms with Crippen molar-refractivity contribution in [2.24, 2.45) is 0 Å². The van der Waals surface area contributed by atoms with Crippen molar-refractivity contribution in [1.29, 1.82) is 0 Å². The number of rotatable bonds is 7. The fourth-order valence-electron chi connectivity index (χ4n) is 2.38. The van der Waals surface area contributed by atoms with E-state index in [-0.39, 0.29) is 5.69 Å². The lowest BCUT2D eigenvalue weighted by Gasteiger charge is -2.08. The van der Waals surface area contributed by atoms with Crippen molar-refractivity contribution in [3.63, 3.8) is 0 Å². The lowest BCUT2D eigenvalue weighted by molar-refractivity contribution is -0.384. The Hall–Kier alpha value is -2.74. The summed E-state index contributed by atoms with van der Waals surface area (Å²) in [4.78, 5) is 35.9. The summed E-state index contributed by atoms with van der Waals surface area (Å²) in [7, 11) is 0. The number of amides is 1. The van der Waals surface area contributed by atoms with Gasteiger partial charge in [-0.05, 0) is 37.5 Å². The SMILES string of the molecule is CCCc1cc(C(=O)OCC(=O)Nc2cc([N+](=O)[O-])ccc2C)sc1C. The molecule has 0 fully saturated rings. The Morgan fingerprint density at radius 3 is 2.65 bits per heavy atom. The first-order valence-corrected chi connectivity index (χ1v) is 8.94. The lowest BCUT2D eigenvalue weighted by Crippen LogP contribution is -2.21. The molecule has 0 radical (unpaired) electrons. The molecule has 1 aromatic carbocycles. The van der Waals surface area contributed by atoms with Crippen molar-refractivity contribution in [1.82, 2.24) is 0 Å². The number of aryl methyl sites for hydroxylation is 3. The number of ether oxygens (including phenoxy) is 1. The molecule has 0 aliphatic rings. The number of carbonyl (C=O) groups is 2. The van der Waals surface area contributed by atoms with Crippen LogP contribution in [0.1, 0.15) is 39.0 Å². The molecule has 1 amide bonds. The van der Waals surface area contributed by atoms with E-state index in [4.69, 9.17) is 4.74 Å². The summed E-state index contributed by atoms with van der Waals surface area (Å²) in [5, 5.41) is 13.4. The van der Waals surface area contributed by atoms with Gasteiger partial charge in [-0.15, -0.1) is 11.3 Å². The summed E-state index contributed by atoms with van der Waals surface area (Å²) < 4.78 is 5.05. The second-order valence-corrected chi connectivity index (χ2v) is 7.08. The molecular formula is C18H20N2O5S. The average Bonchev–Trinajstić information content (AvgIpc) is 2.96. The van der Waals surface area contributed by atoms with Crippen molar-refractivity contribution >= 4 is 34.6 Å². The third kappa shape index (κ3) is 4.89. The predicted octanol–water partition coefficient (Wildman–Crippen LogP) is 4.02. The fourth-order valence-corrected chi connectivity index (χ4v) is 3.35. The van der Waals surface area contributed by atoms with E-state index in [9.17, 15) is 19.7 Å². The number of nitrogens with one attached hydrogen (secondary N) is 1. The van der Waals surface area contributed by atoms with Crippen LogP contribution in [0.3, 0.4) is 0 Å². The number of nitrogens with zero attached hydrogens (tertiary/aromatic N) is 1. The Labute approximate surface area is 155 Å². The van der Waals surface area contributed by atoms with Gasteiger partial charge in [0.2, 0.25) is 0 Å². The Bertz CT molecular complexity index is 844. The Morgan fingerprint density at radius 2 is 2.00 bits per heavy atom. The predicted molar refractivity (Wildman–Crippen MR) is 99.8 cm³/mol. The van der Waals surface area contributed by atoms with Gasteiger partial charge < -0.3 is 10.1 Å². The van der Waals surface area contributed by atoms with Gasteiger partial charge in [-0.3, -0.25) is 14.9 Å². The fraction of sp³-hybridized carbons (Fsp3) is 0.333. The molecule has 7 nitrogen and oxygen atoms in total. The van der Waals surface area contributed by atoms with Gasteiger partial charge in [0.1, 0.15) is 4.88 Å². The van der Waals surface area contributed by atoms with Gasteiger partial charge in [-0.25, -0.2) is 4.79 Å². The number of nitro groups is 1. The summed E-state index contributed by atoms with van der Waals surface area (Å²) in [6.45, 7) is 5.27. The summed E-state index contributed by atoms with van der Waals surface area (Å²) in [6, 6.07) is 5.98. The maximum atomic E-state index is 12.1. The zero-order valence-corrected chi connectivity index (χ0v) is 15.6. The van der Waals surface area contributed by atoms with Crippen molar-refractivity contribution in [2.45, 2.75) is 33.6 Å². The van der Waals surface area contributed by atoms with Crippen LogP contribution >= 0.6 is 11.3 Å². The van der Waals surface area contributed by atoms with E-state index < -0.39 is 23.4 Å². The van der Waals surface area contributed by atoms with Gasteiger partial charge in [0.25, 0.3) is 11.6 Å². The molecule has 0 saturated heterocycles. The molecule has 0 aliphatic heterocycles. The summed E-state index contributed by atoms with van der Waals surface area (Å²) >= 11 is 1.34. The first-order chi connectivity index (χ1) is 12.3. The van der Waals surface area contributed by atoms with Crippen molar-refractivity contribution < 1.29 is 19.2 Å². The van der Waals surface area contributed by atoms with Gasteiger partial charge in [-0.2, -0.15) is 0 Å². The second-order valence-electron chi connectivity index (χ2n) is 5.82. The standard InChI is InChI=1S/C18H20N2O5S/c1-4-5-13-8-16(26-12(13)3)18(22)25-10-17(21)19-15-9-14(20(23)24)7-6-11(15)2/h6-9H,4-5,10H2,1-3H3,(H,19,21). The zero-order valence-electron chi connectivity index (χ0n) is 14.8. The molecule has 0 spiro atoms. The molecule has 2 aromatic rings. The molecule has 1 aromatic heterocycles. The summed E-state index contributed by atoms with van der Waals surface area (Å²) in [5.41, 5.74) is 1.98. The van der Waals surface area contributed by atoms with E-state index in [2.05, 4.69) is 12.2 Å². The molecular weight excluding hydrogens is 356 g/mol. The molecule has 1 heterocycles. The number of hydrogen-bond donors (Lipinski definition) is 1. The third-order valence-electron chi connectivity index (χ3n) is 3.78. The van der Waals surface area contributed by atoms with Crippen LogP contribution in [0.25, 0.3) is 0 Å². The molecule has 0 unspecified atom stereocenters. The monoisotopic (exact) mass is 376 g/mol. The number of benzene rings is 1. The highest BCUT2D eigenvalue weighted by Gasteiger charge is 2.16. The van der Waals surface area contributed by atoms with Crippen molar-refractivity contribution in [2.75, 3.05) is 11.9 Å². The number of esters is 1. The Kier molecular flexibility index (Phi) is 6.46. The second kappa shape index (κ2) is 8.57. The molecule has 26 heavy (non-hydrogen) atoms. The Balaban J connectivity index is 1.96. The number of thiophene rings is 1. The quantitative estimate of drug-likeness (QED) is 0.447. The Morgan fingerprint density at radius 1 is 1.27 bits per heavy atom. The molecule has 0 atom stereocenters. The highest BCUT2D eigenvalue weighted by Crippen LogP contribution is 2.24. The average molecular weight is 376 g/mol. The maximum absolute atomic E-state index is 12.1. The number of anilines is 1. The largest absolute Gasteiger partial charge is 0.451 e. The lowest BCUT2D eigenvalue weighted by atomic mass is 10.1. The summed E-state index contributed by atoms with van der Waals surface area (Å²) in [5.74, 6) is -1.10. The minimum Gasteiger partial charge on any atom is -0.451 e. The number of hydrogen-bond acceptors (Lipinski definition) is 6. The molecule has 0 saturated carbocycles. The molecule has 138 valence electrons. The van der Waals surface area contributed by atoms with E-state index in [0.29, 0.717) is 16.1 Å². The van der Waals surface area contributed by atoms with Crippen LogP contribution in [-0.4, -0.2) is 23.4 Å². The highest BCUT2D eigenvalue weighted by atomic mass is 32.1. The van der Waals surface area contributed by atoms with E-state index in [1.54, 1.807) is 19.1 Å². The van der Waals surface area contributed by atoms with Gasteiger partial charge >= 0.3 is 5.97 Å². The smallest absolute Gasteiger partial charge is 0.348 e. The van der Waals surface area contributed by atoms with Crippen LogP contribution in [0.5, 0.6) is 0 Å². The highest BCUT2D eigenvalue weighted by molar-refractivity contribution is 7.14. The van der Waals surface area contributed by atoms with Crippen LogP contribution in [0.15, 0.2) is 24.3 Å². The minimum absolute atomic E-state index is 0.125. The molecule has 0 bridgehead atoms. The molecule has 1 N–H and O–H groups in total. The van der Waals surface area contributed by atoms with Gasteiger partial charge in [0.05, 0.1) is 10.6 Å². The first kappa shape index (κ1) is 19.6. The van der Waals surface area contributed by atoms with Gasteiger partial charge in [0.15, 0.2) is 6.61 Å². The van der Waals surface area contributed by atoms with Crippen molar-refractivity contribution in [3.05, 3.63) is 55.3 Å². The summed E-state index contributed by atoms with van der Waals surface area (Å²) in [6.07, 6.45) is 1.87. The maximum Gasteiger partial charge on any atom is 0.348 e. The number of non-ortho nitro benzene ring substituents is 1. The minimum atomic E-state index is -0.552. The third-order valence-corrected chi connectivity index (χ3v) is 4.85. The molecule has 0 aliphatic carbocycles. The van der Waals surface area contributed by atoms with Gasteiger partial charge in [-0.1, -0.05) is 19.4 Å². The number of nitro benzene ring substituents is 1. The van der Waals surface area contributed by atoms with Crippen LogP contribution < -0.4 is 5.32 Å². The number of carbonyl (C=O) groups excluding carboxylic acids is 2. The van der Waals surface area contributed by atoms with Crippen LogP contribution in [0.4, 0.5) is 11.4 Å². The van der Waals surface area contributed by atoms with Gasteiger partial charge in [0, 0.05) is 17.0 Å².